The van der Waals surface area contributed by atoms with Crippen molar-refractivity contribution in [2.24, 2.45) is 0 Å². The van der Waals surface area contributed by atoms with Gasteiger partial charge in [-0.25, -0.2) is 9.97 Å². The number of aromatic nitrogens is 2. The molecule has 0 saturated heterocycles. The van der Waals surface area contributed by atoms with Crippen LogP contribution < -0.4 is 10.6 Å². The van der Waals surface area contributed by atoms with E-state index in [2.05, 4.69) is 20.6 Å². The van der Waals surface area contributed by atoms with E-state index in [0.717, 1.165) is 17.8 Å². The topological polar surface area (TPSA) is 70.1 Å². The van der Waals surface area contributed by atoms with Crippen molar-refractivity contribution in [1.29, 1.82) is 0 Å². The molecule has 5 heteroatoms. The molecule has 21 heavy (non-hydrogen) atoms. The van der Waals surface area contributed by atoms with E-state index in [0.29, 0.717) is 11.6 Å². The molecule has 0 saturated carbocycles. The lowest BCUT2D eigenvalue weighted by Crippen LogP contribution is -2.38. The summed E-state index contributed by atoms with van der Waals surface area (Å²) in [4.78, 5) is 9.04. The smallest absolute Gasteiger partial charge is 0.163 e. The average molecular weight is 286 g/mol. The number of anilines is 2. The summed E-state index contributed by atoms with van der Waals surface area (Å²) in [6, 6.07) is 11.7. The van der Waals surface area contributed by atoms with Gasteiger partial charge in [0.15, 0.2) is 5.82 Å². The van der Waals surface area contributed by atoms with E-state index in [1.165, 1.54) is 0 Å². The summed E-state index contributed by atoms with van der Waals surface area (Å²) in [5.41, 5.74) is 0.563. The van der Waals surface area contributed by atoms with Gasteiger partial charge in [0, 0.05) is 18.7 Å². The minimum atomic E-state index is -0.396. The standard InChI is InChI=1S/C16H22N4O/c1-4-16(2,11-21)20-14-10-13(17-3)18-15(19-14)12-8-6-5-7-9-12/h5-10,21H,4,11H2,1-3H3,(H2,17,18,19,20). The molecule has 2 aromatic rings. The molecule has 0 amide bonds. The summed E-state index contributed by atoms with van der Waals surface area (Å²) in [5.74, 6) is 2.09. The van der Waals surface area contributed by atoms with Crippen LogP contribution in [-0.2, 0) is 0 Å². The molecule has 1 unspecified atom stereocenters. The van der Waals surface area contributed by atoms with Gasteiger partial charge in [-0.2, -0.15) is 0 Å². The van der Waals surface area contributed by atoms with Crippen molar-refractivity contribution in [3.05, 3.63) is 36.4 Å². The summed E-state index contributed by atoms with van der Waals surface area (Å²) in [5, 5.41) is 15.9. The van der Waals surface area contributed by atoms with Crippen molar-refractivity contribution in [2.45, 2.75) is 25.8 Å². The number of aliphatic hydroxyl groups excluding tert-OH is 1. The summed E-state index contributed by atoms with van der Waals surface area (Å²) >= 11 is 0. The third-order valence-corrected chi connectivity index (χ3v) is 3.57. The summed E-state index contributed by atoms with van der Waals surface area (Å²) < 4.78 is 0. The molecule has 3 N–H and O–H groups in total. The molecule has 1 aromatic carbocycles. The van der Waals surface area contributed by atoms with Gasteiger partial charge < -0.3 is 15.7 Å². The molecule has 2 rings (SSSR count). The molecule has 0 fully saturated rings. The number of aliphatic hydroxyl groups is 1. The second-order valence-corrected chi connectivity index (χ2v) is 5.28. The van der Waals surface area contributed by atoms with Gasteiger partial charge in [-0.15, -0.1) is 0 Å². The normalized spacial score (nSPS) is 13.5. The van der Waals surface area contributed by atoms with E-state index in [1.54, 1.807) is 0 Å². The van der Waals surface area contributed by atoms with Gasteiger partial charge in [0.05, 0.1) is 12.1 Å². The van der Waals surface area contributed by atoms with Gasteiger partial charge in [-0.1, -0.05) is 37.3 Å². The predicted molar refractivity (Wildman–Crippen MR) is 86.4 cm³/mol. The lowest BCUT2D eigenvalue weighted by Gasteiger charge is -2.28. The van der Waals surface area contributed by atoms with Gasteiger partial charge in [-0.05, 0) is 13.3 Å². The first-order valence-electron chi connectivity index (χ1n) is 7.11. The SMILES string of the molecule is CCC(C)(CO)Nc1cc(NC)nc(-c2ccccc2)n1. The maximum absolute atomic E-state index is 9.54. The highest BCUT2D eigenvalue weighted by molar-refractivity contribution is 5.61. The maximum atomic E-state index is 9.54. The van der Waals surface area contributed by atoms with E-state index in [4.69, 9.17) is 0 Å². The van der Waals surface area contributed by atoms with Crippen LogP contribution in [0, 0.1) is 0 Å². The Balaban J connectivity index is 2.39. The number of nitrogens with one attached hydrogen (secondary N) is 2. The third-order valence-electron chi connectivity index (χ3n) is 3.57. The van der Waals surface area contributed by atoms with Crippen LogP contribution in [-0.4, -0.2) is 34.3 Å². The predicted octanol–water partition coefficient (Wildman–Crippen LogP) is 2.76. The minimum absolute atomic E-state index is 0.0447. The Labute approximate surface area is 125 Å². The van der Waals surface area contributed by atoms with Gasteiger partial charge in [-0.3, -0.25) is 0 Å². The highest BCUT2D eigenvalue weighted by atomic mass is 16.3. The maximum Gasteiger partial charge on any atom is 0.163 e. The molecule has 1 atom stereocenters. The fraction of sp³-hybridized carbons (Fsp3) is 0.375. The second-order valence-electron chi connectivity index (χ2n) is 5.28. The summed E-state index contributed by atoms with van der Waals surface area (Å²) in [6.45, 7) is 4.04. The van der Waals surface area contributed by atoms with Gasteiger partial charge in [0.25, 0.3) is 0 Å². The highest BCUT2D eigenvalue weighted by Crippen LogP contribution is 2.23. The van der Waals surface area contributed by atoms with Crippen LogP contribution in [0.2, 0.25) is 0 Å². The second kappa shape index (κ2) is 6.54. The van der Waals surface area contributed by atoms with E-state index in [1.807, 2.05) is 57.3 Å². The molecule has 0 spiro atoms. The fourth-order valence-corrected chi connectivity index (χ4v) is 1.90. The van der Waals surface area contributed by atoms with Gasteiger partial charge in [0.1, 0.15) is 11.6 Å². The molecule has 0 aliphatic rings. The van der Waals surface area contributed by atoms with Gasteiger partial charge >= 0.3 is 0 Å². The Bertz CT molecular complexity index is 582. The molecule has 0 bridgehead atoms. The minimum Gasteiger partial charge on any atom is -0.394 e. The first kappa shape index (κ1) is 15.3. The Morgan fingerprint density at radius 2 is 1.81 bits per heavy atom. The van der Waals surface area contributed by atoms with Crippen molar-refractivity contribution in [1.82, 2.24) is 9.97 Å². The van der Waals surface area contributed by atoms with Crippen LogP contribution in [0.4, 0.5) is 11.6 Å². The van der Waals surface area contributed by atoms with Crippen molar-refractivity contribution in [3.8, 4) is 11.4 Å². The molecule has 0 radical (unpaired) electrons. The molecule has 0 aliphatic carbocycles. The number of nitrogens with zero attached hydrogens (tertiary/aromatic N) is 2. The molecular formula is C16H22N4O. The number of hydrogen-bond donors (Lipinski definition) is 3. The third kappa shape index (κ3) is 3.70. The highest BCUT2D eigenvalue weighted by Gasteiger charge is 2.21. The van der Waals surface area contributed by atoms with Crippen molar-refractivity contribution in [2.75, 3.05) is 24.3 Å². The molecule has 112 valence electrons. The summed E-state index contributed by atoms with van der Waals surface area (Å²) in [7, 11) is 1.83. The van der Waals surface area contributed by atoms with E-state index in [-0.39, 0.29) is 6.61 Å². The number of rotatable bonds is 6. The Kier molecular flexibility index (Phi) is 4.75. The van der Waals surface area contributed by atoms with Crippen LogP contribution in [0.25, 0.3) is 11.4 Å². The zero-order valence-corrected chi connectivity index (χ0v) is 12.7. The Hall–Kier alpha value is -2.14. The van der Waals surface area contributed by atoms with Crippen LogP contribution in [0.15, 0.2) is 36.4 Å². The van der Waals surface area contributed by atoms with Crippen molar-refractivity contribution in [3.63, 3.8) is 0 Å². The Morgan fingerprint density at radius 1 is 1.14 bits per heavy atom. The zero-order chi connectivity index (χ0) is 15.3. The van der Waals surface area contributed by atoms with E-state index in [9.17, 15) is 5.11 Å². The van der Waals surface area contributed by atoms with Crippen LogP contribution >= 0.6 is 0 Å². The quantitative estimate of drug-likeness (QED) is 0.761. The van der Waals surface area contributed by atoms with Gasteiger partial charge in [0.2, 0.25) is 0 Å². The largest absolute Gasteiger partial charge is 0.394 e. The lowest BCUT2D eigenvalue weighted by molar-refractivity contribution is 0.218. The fourth-order valence-electron chi connectivity index (χ4n) is 1.90. The lowest BCUT2D eigenvalue weighted by atomic mass is 10.0. The first-order chi connectivity index (χ1) is 10.1. The van der Waals surface area contributed by atoms with Crippen LogP contribution in [0.3, 0.4) is 0 Å². The van der Waals surface area contributed by atoms with E-state index < -0.39 is 5.54 Å². The first-order valence-corrected chi connectivity index (χ1v) is 7.11. The molecular weight excluding hydrogens is 264 g/mol. The molecule has 1 aromatic heterocycles. The monoisotopic (exact) mass is 286 g/mol. The zero-order valence-electron chi connectivity index (χ0n) is 12.7. The van der Waals surface area contributed by atoms with Crippen molar-refractivity contribution >= 4 is 11.6 Å². The number of hydrogen-bond acceptors (Lipinski definition) is 5. The molecule has 1 heterocycles. The molecule has 5 nitrogen and oxygen atoms in total. The Morgan fingerprint density at radius 3 is 2.38 bits per heavy atom. The number of benzene rings is 1. The van der Waals surface area contributed by atoms with E-state index >= 15 is 0 Å². The summed E-state index contributed by atoms with van der Waals surface area (Å²) in [6.07, 6.45) is 0.795. The molecule has 0 aliphatic heterocycles. The van der Waals surface area contributed by atoms with Crippen LogP contribution in [0.5, 0.6) is 0 Å². The van der Waals surface area contributed by atoms with Crippen LogP contribution in [0.1, 0.15) is 20.3 Å². The van der Waals surface area contributed by atoms with Crippen molar-refractivity contribution < 1.29 is 5.11 Å². The average Bonchev–Trinajstić information content (AvgIpc) is 2.55.